The van der Waals surface area contributed by atoms with Crippen LogP contribution in [0.1, 0.15) is 26.2 Å². The summed E-state index contributed by atoms with van der Waals surface area (Å²) in [5.41, 5.74) is 0. The largest absolute Gasteiger partial charge is 0.461 e. The third-order valence-corrected chi connectivity index (χ3v) is 3.02. The van der Waals surface area contributed by atoms with E-state index in [4.69, 9.17) is 9.47 Å². The molecule has 1 aromatic heterocycles. The van der Waals surface area contributed by atoms with E-state index in [1.54, 1.807) is 7.05 Å². The molecule has 2 rings (SSSR count). The minimum atomic E-state index is 0.353. The van der Waals surface area contributed by atoms with Crippen molar-refractivity contribution in [2.45, 2.75) is 26.2 Å². The van der Waals surface area contributed by atoms with E-state index in [-0.39, 0.29) is 0 Å². The van der Waals surface area contributed by atoms with Crippen LogP contribution in [0.25, 0.3) is 0 Å². The molecule has 0 aromatic carbocycles. The number of hydrogen-bond donors (Lipinski definition) is 1. The molecular weight excluding hydrogens is 258 g/mol. The van der Waals surface area contributed by atoms with Crippen LogP contribution in [-0.2, 0) is 4.74 Å². The second-order valence-electron chi connectivity index (χ2n) is 4.65. The third-order valence-electron chi connectivity index (χ3n) is 3.02. The Kier molecular flexibility index (Phi) is 5.79. The number of hydrogen-bond acceptors (Lipinski definition) is 7. The van der Waals surface area contributed by atoms with Gasteiger partial charge in [0.25, 0.3) is 0 Å². The van der Waals surface area contributed by atoms with E-state index >= 15 is 0 Å². The summed E-state index contributed by atoms with van der Waals surface area (Å²) in [6.07, 6.45) is 3.37. The summed E-state index contributed by atoms with van der Waals surface area (Å²) in [4.78, 5) is 15.1. The van der Waals surface area contributed by atoms with Crippen molar-refractivity contribution in [3.05, 3.63) is 0 Å². The summed E-state index contributed by atoms with van der Waals surface area (Å²) in [6.45, 7) is 5.81. The maximum Gasteiger partial charge on any atom is 0.323 e. The molecule has 0 amide bonds. The van der Waals surface area contributed by atoms with Crippen molar-refractivity contribution in [3.8, 4) is 6.01 Å². The zero-order valence-corrected chi connectivity index (χ0v) is 12.3. The van der Waals surface area contributed by atoms with Crippen LogP contribution in [0.5, 0.6) is 6.01 Å². The van der Waals surface area contributed by atoms with Crippen LogP contribution >= 0.6 is 0 Å². The Balaban J connectivity index is 1.94. The van der Waals surface area contributed by atoms with Gasteiger partial charge in [-0.1, -0.05) is 6.92 Å². The van der Waals surface area contributed by atoms with Gasteiger partial charge in [0.1, 0.15) is 6.61 Å². The number of nitrogens with one attached hydrogen (secondary N) is 1. The first-order valence-corrected chi connectivity index (χ1v) is 7.22. The monoisotopic (exact) mass is 281 g/mol. The fraction of sp³-hybridized carbons (Fsp3) is 0.769. The van der Waals surface area contributed by atoms with Crippen molar-refractivity contribution < 1.29 is 9.47 Å². The summed E-state index contributed by atoms with van der Waals surface area (Å²) >= 11 is 0. The van der Waals surface area contributed by atoms with Gasteiger partial charge in [-0.2, -0.15) is 15.0 Å². The van der Waals surface area contributed by atoms with Crippen LogP contribution in [0.4, 0.5) is 11.9 Å². The van der Waals surface area contributed by atoms with Gasteiger partial charge in [0, 0.05) is 26.7 Å². The van der Waals surface area contributed by atoms with E-state index in [0.717, 1.165) is 26.1 Å². The first kappa shape index (κ1) is 14.8. The summed E-state index contributed by atoms with van der Waals surface area (Å²) in [6, 6.07) is 0.353. The van der Waals surface area contributed by atoms with Gasteiger partial charge in [-0.25, -0.2) is 0 Å². The van der Waals surface area contributed by atoms with E-state index in [0.29, 0.717) is 31.1 Å². The highest BCUT2D eigenvalue weighted by atomic mass is 16.5. The maximum atomic E-state index is 5.54. The van der Waals surface area contributed by atoms with E-state index < -0.39 is 0 Å². The molecule has 1 aliphatic heterocycles. The molecule has 20 heavy (non-hydrogen) atoms. The zero-order chi connectivity index (χ0) is 14.2. The van der Waals surface area contributed by atoms with Crippen LogP contribution in [0.15, 0.2) is 0 Å². The Labute approximate surface area is 119 Å². The lowest BCUT2D eigenvalue weighted by Gasteiger charge is -2.16. The Morgan fingerprint density at radius 1 is 1.10 bits per heavy atom. The summed E-state index contributed by atoms with van der Waals surface area (Å²) in [7, 11) is 1.79. The van der Waals surface area contributed by atoms with Crippen molar-refractivity contribution in [2.24, 2.45) is 0 Å². The van der Waals surface area contributed by atoms with Crippen molar-refractivity contribution in [2.75, 3.05) is 50.2 Å². The van der Waals surface area contributed by atoms with Crippen molar-refractivity contribution in [3.63, 3.8) is 0 Å². The molecular formula is C13H23N5O2. The van der Waals surface area contributed by atoms with Gasteiger partial charge in [-0.05, 0) is 19.3 Å². The minimum Gasteiger partial charge on any atom is -0.461 e. The molecule has 2 heterocycles. The number of ether oxygens (including phenoxy) is 2. The highest BCUT2D eigenvalue weighted by Crippen LogP contribution is 2.19. The molecule has 1 aromatic rings. The van der Waals surface area contributed by atoms with Gasteiger partial charge in [0.05, 0.1) is 6.61 Å². The molecule has 7 nitrogen and oxygen atoms in total. The predicted molar refractivity (Wildman–Crippen MR) is 77.4 cm³/mol. The molecule has 1 N–H and O–H groups in total. The molecule has 0 aliphatic carbocycles. The van der Waals surface area contributed by atoms with E-state index in [2.05, 4.69) is 32.1 Å². The number of anilines is 2. The molecule has 1 saturated heterocycles. The highest BCUT2D eigenvalue weighted by Gasteiger charge is 2.17. The second kappa shape index (κ2) is 7.84. The Bertz CT molecular complexity index is 410. The molecule has 0 radical (unpaired) electrons. The SMILES string of the molecule is CCCOCCOc1nc(NC)nc(N2CCCC2)n1. The molecule has 7 heteroatoms. The fourth-order valence-electron chi connectivity index (χ4n) is 2.02. The first-order chi connectivity index (χ1) is 9.83. The summed E-state index contributed by atoms with van der Waals surface area (Å²) in [5.74, 6) is 1.22. The molecule has 1 fully saturated rings. The van der Waals surface area contributed by atoms with Crippen LogP contribution in [0.3, 0.4) is 0 Å². The van der Waals surface area contributed by atoms with Crippen LogP contribution < -0.4 is 15.0 Å². The molecule has 0 unspecified atom stereocenters. The van der Waals surface area contributed by atoms with Gasteiger partial charge < -0.3 is 19.7 Å². The molecule has 0 bridgehead atoms. The number of nitrogens with zero attached hydrogens (tertiary/aromatic N) is 4. The van der Waals surface area contributed by atoms with Gasteiger partial charge in [0.15, 0.2) is 0 Å². The van der Waals surface area contributed by atoms with Crippen molar-refractivity contribution >= 4 is 11.9 Å². The minimum absolute atomic E-state index is 0.353. The molecule has 0 spiro atoms. The van der Waals surface area contributed by atoms with Crippen LogP contribution in [0.2, 0.25) is 0 Å². The molecule has 0 atom stereocenters. The van der Waals surface area contributed by atoms with E-state index in [1.807, 2.05) is 0 Å². The number of rotatable bonds is 8. The molecule has 112 valence electrons. The molecule has 1 aliphatic rings. The first-order valence-electron chi connectivity index (χ1n) is 7.22. The lowest BCUT2D eigenvalue weighted by atomic mass is 10.4. The predicted octanol–water partition coefficient (Wildman–Crippen LogP) is 1.32. The van der Waals surface area contributed by atoms with Gasteiger partial charge >= 0.3 is 6.01 Å². The summed E-state index contributed by atoms with van der Waals surface area (Å²) < 4.78 is 10.9. The number of aromatic nitrogens is 3. The lowest BCUT2D eigenvalue weighted by Crippen LogP contribution is -2.22. The topological polar surface area (TPSA) is 72.4 Å². The Morgan fingerprint density at radius 2 is 1.90 bits per heavy atom. The zero-order valence-electron chi connectivity index (χ0n) is 12.3. The van der Waals surface area contributed by atoms with Gasteiger partial charge in [-0.15, -0.1) is 0 Å². The summed E-state index contributed by atoms with van der Waals surface area (Å²) in [5, 5.41) is 2.94. The normalized spacial score (nSPS) is 14.6. The molecule has 0 saturated carbocycles. The Morgan fingerprint density at radius 3 is 2.60 bits per heavy atom. The highest BCUT2D eigenvalue weighted by molar-refractivity contribution is 5.38. The maximum absolute atomic E-state index is 5.54. The second-order valence-corrected chi connectivity index (χ2v) is 4.65. The van der Waals surface area contributed by atoms with Crippen molar-refractivity contribution in [1.82, 2.24) is 15.0 Å². The third kappa shape index (κ3) is 4.19. The van der Waals surface area contributed by atoms with Gasteiger partial charge in [-0.3, -0.25) is 0 Å². The standard InChI is InChI=1S/C13H23N5O2/c1-3-8-19-9-10-20-13-16-11(14-2)15-12(17-13)18-6-4-5-7-18/h3-10H2,1-2H3,(H,14,15,16,17). The van der Waals surface area contributed by atoms with E-state index in [9.17, 15) is 0 Å². The smallest absolute Gasteiger partial charge is 0.323 e. The van der Waals surface area contributed by atoms with Crippen LogP contribution in [-0.4, -0.2) is 54.9 Å². The lowest BCUT2D eigenvalue weighted by molar-refractivity contribution is 0.0972. The van der Waals surface area contributed by atoms with Crippen LogP contribution in [0, 0.1) is 0 Å². The Hall–Kier alpha value is -1.63. The quantitative estimate of drug-likeness (QED) is 0.720. The average Bonchev–Trinajstić information content (AvgIpc) is 3.01. The fourth-order valence-corrected chi connectivity index (χ4v) is 2.02. The van der Waals surface area contributed by atoms with Crippen molar-refractivity contribution in [1.29, 1.82) is 0 Å². The van der Waals surface area contributed by atoms with Gasteiger partial charge in [0.2, 0.25) is 11.9 Å². The average molecular weight is 281 g/mol. The van der Waals surface area contributed by atoms with E-state index in [1.165, 1.54) is 12.8 Å².